The minimum atomic E-state index is -0.103. The van der Waals surface area contributed by atoms with Gasteiger partial charge in [-0.05, 0) is 49.4 Å². The van der Waals surface area contributed by atoms with Gasteiger partial charge in [0.05, 0.1) is 5.92 Å². The molecule has 102 valence electrons. The van der Waals surface area contributed by atoms with Crippen molar-refractivity contribution >= 4 is 12.1 Å². The maximum atomic E-state index is 11.8. The summed E-state index contributed by atoms with van der Waals surface area (Å²) >= 11 is 0. The summed E-state index contributed by atoms with van der Waals surface area (Å²) in [5.41, 5.74) is 11.7. The molecule has 19 heavy (non-hydrogen) atoms. The lowest BCUT2D eigenvalue weighted by molar-refractivity contribution is -0.122. The van der Waals surface area contributed by atoms with Crippen molar-refractivity contribution in [2.45, 2.75) is 38.5 Å². The van der Waals surface area contributed by atoms with Crippen LogP contribution in [0, 0.1) is 6.92 Å². The summed E-state index contributed by atoms with van der Waals surface area (Å²) in [5.74, 6) is -0.118. The minimum absolute atomic E-state index is 0.0159. The average Bonchev–Trinajstić information content (AvgIpc) is 2.41. The number of carbonyl (C=O) groups excluding carboxylic acids is 1. The van der Waals surface area contributed by atoms with Gasteiger partial charge in [0.2, 0.25) is 5.91 Å². The van der Waals surface area contributed by atoms with E-state index in [1.807, 2.05) is 0 Å². The van der Waals surface area contributed by atoms with Crippen LogP contribution in [0.3, 0.4) is 0 Å². The predicted molar refractivity (Wildman–Crippen MR) is 77.2 cm³/mol. The van der Waals surface area contributed by atoms with Crippen molar-refractivity contribution in [3.8, 4) is 0 Å². The average molecular weight is 259 g/mol. The normalized spacial score (nSPS) is 18.4. The summed E-state index contributed by atoms with van der Waals surface area (Å²) in [5, 5.41) is 3.79. The SMILES string of the molecule is Cc1cc(C2CC=NNC2=O)ccc1CCCCN. The van der Waals surface area contributed by atoms with E-state index >= 15 is 0 Å². The fourth-order valence-corrected chi connectivity index (χ4v) is 2.42. The number of unbranched alkanes of at least 4 members (excludes halogenated alkanes) is 1. The van der Waals surface area contributed by atoms with Gasteiger partial charge in [0.1, 0.15) is 0 Å². The fraction of sp³-hybridized carbons (Fsp3) is 0.467. The van der Waals surface area contributed by atoms with Gasteiger partial charge in [-0.25, -0.2) is 5.43 Å². The van der Waals surface area contributed by atoms with Crippen LogP contribution in [0.4, 0.5) is 0 Å². The number of nitrogens with one attached hydrogen (secondary N) is 1. The smallest absolute Gasteiger partial charge is 0.247 e. The van der Waals surface area contributed by atoms with Crippen LogP contribution in [-0.4, -0.2) is 18.7 Å². The van der Waals surface area contributed by atoms with Crippen LogP contribution < -0.4 is 11.2 Å². The largest absolute Gasteiger partial charge is 0.330 e. The van der Waals surface area contributed by atoms with Crippen LogP contribution in [0.2, 0.25) is 0 Å². The van der Waals surface area contributed by atoms with Crippen LogP contribution in [-0.2, 0) is 11.2 Å². The van der Waals surface area contributed by atoms with Crippen LogP contribution in [0.25, 0.3) is 0 Å². The minimum Gasteiger partial charge on any atom is -0.330 e. The van der Waals surface area contributed by atoms with Crippen LogP contribution >= 0.6 is 0 Å². The Labute approximate surface area is 114 Å². The fourth-order valence-electron chi connectivity index (χ4n) is 2.42. The third kappa shape index (κ3) is 3.41. The lowest BCUT2D eigenvalue weighted by atomic mass is 9.91. The first-order valence-corrected chi connectivity index (χ1v) is 6.83. The zero-order chi connectivity index (χ0) is 13.7. The number of hydrazone groups is 1. The molecule has 1 aromatic carbocycles. The number of benzene rings is 1. The molecule has 0 saturated carbocycles. The first-order valence-electron chi connectivity index (χ1n) is 6.83. The van der Waals surface area contributed by atoms with E-state index in [0.717, 1.165) is 31.4 Å². The van der Waals surface area contributed by atoms with Gasteiger partial charge in [-0.3, -0.25) is 4.79 Å². The molecule has 0 fully saturated rings. The van der Waals surface area contributed by atoms with Crippen molar-refractivity contribution in [2.24, 2.45) is 10.8 Å². The highest BCUT2D eigenvalue weighted by Crippen LogP contribution is 2.24. The van der Waals surface area contributed by atoms with Gasteiger partial charge in [0.15, 0.2) is 0 Å². The van der Waals surface area contributed by atoms with Crippen LogP contribution in [0.15, 0.2) is 23.3 Å². The quantitative estimate of drug-likeness (QED) is 0.793. The number of rotatable bonds is 5. The molecule has 3 N–H and O–H groups in total. The summed E-state index contributed by atoms with van der Waals surface area (Å²) in [6, 6.07) is 6.33. The van der Waals surface area contributed by atoms with Crippen LogP contribution in [0.1, 0.15) is 41.9 Å². The molecule has 4 nitrogen and oxygen atoms in total. The molecule has 1 amide bonds. The van der Waals surface area contributed by atoms with Gasteiger partial charge >= 0.3 is 0 Å². The molecule has 4 heteroatoms. The molecular weight excluding hydrogens is 238 g/mol. The standard InChI is InChI=1S/C15H21N3O/c1-11-10-13(14-7-9-17-18-15(14)19)6-5-12(11)4-2-3-8-16/h5-6,9-10,14H,2-4,7-8,16H2,1H3,(H,18,19). The zero-order valence-electron chi connectivity index (χ0n) is 11.4. The number of carbonyl (C=O) groups is 1. The molecule has 0 radical (unpaired) electrons. The van der Waals surface area contributed by atoms with Gasteiger partial charge < -0.3 is 5.73 Å². The van der Waals surface area contributed by atoms with E-state index in [9.17, 15) is 4.79 Å². The number of nitrogens with two attached hydrogens (primary N) is 1. The molecule has 1 aliphatic rings. The molecule has 1 atom stereocenters. The van der Waals surface area contributed by atoms with Crippen molar-refractivity contribution in [1.29, 1.82) is 0 Å². The Bertz CT molecular complexity index is 482. The highest BCUT2D eigenvalue weighted by Gasteiger charge is 2.22. The van der Waals surface area contributed by atoms with E-state index in [1.165, 1.54) is 11.1 Å². The molecule has 1 aliphatic heterocycles. The van der Waals surface area contributed by atoms with E-state index in [-0.39, 0.29) is 11.8 Å². The Morgan fingerprint density at radius 1 is 1.42 bits per heavy atom. The third-order valence-electron chi connectivity index (χ3n) is 3.59. The second kappa shape index (κ2) is 6.48. The first kappa shape index (κ1) is 13.7. The third-order valence-corrected chi connectivity index (χ3v) is 3.59. The summed E-state index contributed by atoms with van der Waals surface area (Å²) in [6.07, 6.45) is 5.67. The van der Waals surface area contributed by atoms with Gasteiger partial charge in [-0.2, -0.15) is 5.10 Å². The Morgan fingerprint density at radius 3 is 2.95 bits per heavy atom. The number of nitrogens with zero attached hydrogens (tertiary/aromatic N) is 1. The van der Waals surface area contributed by atoms with Gasteiger partial charge in [0.25, 0.3) is 0 Å². The number of hydrogen-bond acceptors (Lipinski definition) is 3. The molecule has 0 aliphatic carbocycles. The Hall–Kier alpha value is -1.68. The Balaban J connectivity index is 2.09. The number of aryl methyl sites for hydroxylation is 2. The van der Waals surface area contributed by atoms with E-state index in [1.54, 1.807) is 6.21 Å². The molecule has 0 saturated heterocycles. The van der Waals surface area contributed by atoms with Crippen molar-refractivity contribution in [1.82, 2.24) is 5.43 Å². The van der Waals surface area contributed by atoms with E-state index in [2.05, 4.69) is 35.7 Å². The maximum absolute atomic E-state index is 11.8. The molecule has 0 aromatic heterocycles. The second-order valence-corrected chi connectivity index (χ2v) is 5.01. The Morgan fingerprint density at radius 2 is 2.26 bits per heavy atom. The van der Waals surface area contributed by atoms with Crippen molar-refractivity contribution in [3.63, 3.8) is 0 Å². The zero-order valence-corrected chi connectivity index (χ0v) is 11.4. The summed E-state index contributed by atoms with van der Waals surface area (Å²) in [6.45, 7) is 2.86. The van der Waals surface area contributed by atoms with E-state index < -0.39 is 0 Å². The highest BCUT2D eigenvalue weighted by molar-refractivity contribution is 5.89. The van der Waals surface area contributed by atoms with Crippen molar-refractivity contribution in [3.05, 3.63) is 34.9 Å². The molecule has 1 aromatic rings. The molecule has 1 unspecified atom stereocenters. The van der Waals surface area contributed by atoms with Crippen LogP contribution in [0.5, 0.6) is 0 Å². The summed E-state index contributed by atoms with van der Waals surface area (Å²) in [7, 11) is 0. The lowest BCUT2D eigenvalue weighted by Crippen LogP contribution is -2.29. The second-order valence-electron chi connectivity index (χ2n) is 5.01. The predicted octanol–water partition coefficient (Wildman–Crippen LogP) is 1.87. The molecule has 2 rings (SSSR count). The van der Waals surface area contributed by atoms with Gasteiger partial charge in [-0.15, -0.1) is 0 Å². The van der Waals surface area contributed by atoms with E-state index in [0.29, 0.717) is 6.42 Å². The Kier molecular flexibility index (Phi) is 4.68. The number of hydrogen-bond donors (Lipinski definition) is 2. The molecular formula is C15H21N3O. The van der Waals surface area contributed by atoms with Crippen molar-refractivity contribution in [2.75, 3.05) is 6.54 Å². The summed E-state index contributed by atoms with van der Waals surface area (Å²) < 4.78 is 0. The molecule has 0 spiro atoms. The topological polar surface area (TPSA) is 67.5 Å². The van der Waals surface area contributed by atoms with Crippen molar-refractivity contribution < 1.29 is 4.79 Å². The molecule has 1 heterocycles. The van der Waals surface area contributed by atoms with Gasteiger partial charge in [-0.1, -0.05) is 18.2 Å². The summed E-state index contributed by atoms with van der Waals surface area (Å²) in [4.78, 5) is 11.8. The highest BCUT2D eigenvalue weighted by atomic mass is 16.2. The monoisotopic (exact) mass is 259 g/mol. The van der Waals surface area contributed by atoms with Gasteiger partial charge in [0, 0.05) is 12.6 Å². The maximum Gasteiger partial charge on any atom is 0.247 e. The van der Waals surface area contributed by atoms with E-state index in [4.69, 9.17) is 5.73 Å². The molecule has 0 bridgehead atoms. The number of amides is 1. The lowest BCUT2D eigenvalue weighted by Gasteiger charge is -2.18. The first-order chi connectivity index (χ1) is 9.22.